The number of halogens is 1. The van der Waals surface area contributed by atoms with Crippen LogP contribution in [-0.4, -0.2) is 48.7 Å². The number of thioether (sulfide) groups is 1. The summed E-state index contributed by atoms with van der Waals surface area (Å²) in [6.07, 6.45) is 0. The van der Waals surface area contributed by atoms with Crippen molar-refractivity contribution in [3.63, 3.8) is 0 Å². The zero-order valence-electron chi connectivity index (χ0n) is 16.7. The van der Waals surface area contributed by atoms with E-state index in [1.165, 1.54) is 55.4 Å². The van der Waals surface area contributed by atoms with Gasteiger partial charge in [-0.25, -0.2) is 12.7 Å². The monoisotopic (exact) mass is 497 g/mol. The van der Waals surface area contributed by atoms with Crippen molar-refractivity contribution in [2.24, 2.45) is 0 Å². The Bertz CT molecular complexity index is 1150. The number of anilines is 2. The highest BCUT2D eigenvalue weighted by Crippen LogP contribution is 2.28. The zero-order chi connectivity index (χ0) is 22.4. The summed E-state index contributed by atoms with van der Waals surface area (Å²) in [7, 11) is -0.767. The third-order valence-electron chi connectivity index (χ3n) is 4.01. The molecule has 0 bridgehead atoms. The van der Waals surface area contributed by atoms with Crippen LogP contribution in [0.15, 0.2) is 57.8 Å². The van der Waals surface area contributed by atoms with Gasteiger partial charge in [0.05, 0.1) is 21.4 Å². The smallest absolute Gasteiger partial charge is 0.242 e. The normalized spacial score (nSPS) is 11.5. The molecule has 0 spiro atoms. The van der Waals surface area contributed by atoms with Crippen LogP contribution in [0.25, 0.3) is 0 Å². The second kappa shape index (κ2) is 10.4. The van der Waals surface area contributed by atoms with Crippen molar-refractivity contribution in [2.75, 3.05) is 30.5 Å². The lowest BCUT2D eigenvalue weighted by molar-refractivity contribution is -0.113. The molecule has 0 fully saturated rings. The molecule has 0 atom stereocenters. The second-order valence-electron chi connectivity index (χ2n) is 6.48. The summed E-state index contributed by atoms with van der Waals surface area (Å²) in [5.41, 5.74) is 1.36. The van der Waals surface area contributed by atoms with Gasteiger partial charge in [-0.05, 0) is 23.8 Å². The number of hydrogen-bond acceptors (Lipinski definition) is 8. The van der Waals surface area contributed by atoms with E-state index in [4.69, 9.17) is 11.6 Å². The minimum absolute atomic E-state index is 0.0445. The second-order valence-corrected chi connectivity index (χ2v) is 11.2. The van der Waals surface area contributed by atoms with Gasteiger partial charge >= 0.3 is 0 Å². The lowest BCUT2D eigenvalue weighted by Gasteiger charge is -2.13. The minimum Gasteiger partial charge on any atom is -0.356 e. The molecular weight excluding hydrogens is 478 g/mol. The first-order valence-corrected chi connectivity index (χ1v) is 12.6. The van der Waals surface area contributed by atoms with E-state index >= 15 is 0 Å². The van der Waals surface area contributed by atoms with E-state index in [1.54, 1.807) is 0 Å². The molecule has 164 valence electrons. The number of nitrogens with zero attached hydrogens (tertiary/aromatic N) is 3. The van der Waals surface area contributed by atoms with Crippen molar-refractivity contribution < 1.29 is 13.2 Å². The first-order valence-electron chi connectivity index (χ1n) is 9.02. The fourth-order valence-electron chi connectivity index (χ4n) is 2.40. The zero-order valence-corrected chi connectivity index (χ0v) is 19.9. The van der Waals surface area contributed by atoms with Gasteiger partial charge in [0.15, 0.2) is 4.34 Å². The van der Waals surface area contributed by atoms with E-state index in [1.807, 2.05) is 30.3 Å². The van der Waals surface area contributed by atoms with Crippen LogP contribution in [0.4, 0.5) is 10.8 Å². The van der Waals surface area contributed by atoms with Crippen molar-refractivity contribution in [1.29, 1.82) is 0 Å². The van der Waals surface area contributed by atoms with Crippen LogP contribution < -0.4 is 10.6 Å². The SMILES string of the molecule is CN(C)S(=O)(=O)c1ccc(Cl)c(NC(=O)CSc2nnc(NCc3ccccc3)s2)c1. The molecule has 8 nitrogen and oxygen atoms in total. The molecule has 2 aromatic carbocycles. The Labute approximate surface area is 194 Å². The van der Waals surface area contributed by atoms with Gasteiger partial charge in [0, 0.05) is 20.6 Å². The summed E-state index contributed by atoms with van der Waals surface area (Å²) in [6, 6.07) is 14.1. The van der Waals surface area contributed by atoms with Crippen LogP contribution in [0, 0.1) is 0 Å². The molecule has 1 heterocycles. The summed E-state index contributed by atoms with van der Waals surface area (Å²) in [5.74, 6) is -0.255. The Balaban J connectivity index is 1.55. The Morgan fingerprint density at radius 2 is 1.90 bits per heavy atom. The van der Waals surface area contributed by atoms with E-state index in [0.29, 0.717) is 16.0 Å². The van der Waals surface area contributed by atoms with Gasteiger partial charge in [0.25, 0.3) is 0 Å². The van der Waals surface area contributed by atoms with E-state index in [-0.39, 0.29) is 27.3 Å². The predicted molar refractivity (Wildman–Crippen MR) is 125 cm³/mol. The van der Waals surface area contributed by atoms with Crippen LogP contribution in [-0.2, 0) is 21.4 Å². The molecule has 3 aromatic rings. The molecule has 0 saturated carbocycles. The van der Waals surface area contributed by atoms with Crippen molar-refractivity contribution in [2.45, 2.75) is 15.8 Å². The van der Waals surface area contributed by atoms with E-state index in [0.717, 1.165) is 9.87 Å². The molecular formula is C19H20ClN5O3S3. The average Bonchev–Trinajstić information content (AvgIpc) is 3.21. The van der Waals surface area contributed by atoms with Crippen molar-refractivity contribution in [3.8, 4) is 0 Å². The number of nitrogens with one attached hydrogen (secondary N) is 2. The standard InChI is InChI=1S/C19H20ClN5O3S3/c1-25(2)31(27,28)14-8-9-15(20)16(10-14)22-17(26)12-29-19-24-23-18(30-19)21-11-13-6-4-3-5-7-13/h3-10H,11-12H2,1-2H3,(H,21,23)(H,22,26). The highest BCUT2D eigenvalue weighted by Gasteiger charge is 2.19. The van der Waals surface area contributed by atoms with Crippen LogP contribution in [0.1, 0.15) is 5.56 Å². The highest BCUT2D eigenvalue weighted by atomic mass is 35.5. The Morgan fingerprint density at radius 3 is 2.61 bits per heavy atom. The van der Waals surface area contributed by atoms with Crippen LogP contribution in [0.2, 0.25) is 5.02 Å². The average molecular weight is 498 g/mol. The molecule has 0 aliphatic rings. The van der Waals surface area contributed by atoms with Crippen LogP contribution >= 0.6 is 34.7 Å². The molecule has 0 aliphatic heterocycles. The fourth-order valence-corrected chi connectivity index (χ4v) is 5.04. The third-order valence-corrected chi connectivity index (χ3v) is 8.17. The maximum Gasteiger partial charge on any atom is 0.242 e. The highest BCUT2D eigenvalue weighted by molar-refractivity contribution is 8.01. The summed E-state index contributed by atoms with van der Waals surface area (Å²) in [5, 5.41) is 14.9. The number of aromatic nitrogens is 2. The first kappa shape index (κ1) is 23.5. The molecule has 0 saturated heterocycles. The van der Waals surface area contributed by atoms with Gasteiger partial charge in [-0.2, -0.15) is 0 Å². The topological polar surface area (TPSA) is 104 Å². The van der Waals surface area contributed by atoms with Gasteiger partial charge in [0.2, 0.25) is 21.1 Å². The summed E-state index contributed by atoms with van der Waals surface area (Å²) < 4.78 is 26.3. The van der Waals surface area contributed by atoms with E-state index < -0.39 is 10.0 Å². The number of benzene rings is 2. The lowest BCUT2D eigenvalue weighted by Crippen LogP contribution is -2.22. The number of rotatable bonds is 9. The van der Waals surface area contributed by atoms with Gasteiger partial charge in [0.1, 0.15) is 0 Å². The lowest BCUT2D eigenvalue weighted by atomic mass is 10.2. The molecule has 0 radical (unpaired) electrons. The number of carbonyl (C=O) groups excluding carboxylic acids is 1. The third kappa shape index (κ3) is 6.40. The Kier molecular flexibility index (Phi) is 7.89. The molecule has 12 heteroatoms. The Hall–Kier alpha value is -2.18. The first-order chi connectivity index (χ1) is 14.8. The number of carbonyl (C=O) groups is 1. The summed E-state index contributed by atoms with van der Waals surface area (Å²) in [4.78, 5) is 12.4. The van der Waals surface area contributed by atoms with Gasteiger partial charge < -0.3 is 10.6 Å². The summed E-state index contributed by atoms with van der Waals surface area (Å²) in [6.45, 7) is 0.630. The number of sulfonamides is 1. The largest absolute Gasteiger partial charge is 0.356 e. The molecule has 1 amide bonds. The molecule has 0 aliphatic carbocycles. The quantitative estimate of drug-likeness (QED) is 0.433. The molecule has 2 N–H and O–H groups in total. The molecule has 31 heavy (non-hydrogen) atoms. The fraction of sp³-hybridized carbons (Fsp3) is 0.211. The van der Waals surface area contributed by atoms with Gasteiger partial charge in [-0.1, -0.05) is 65.0 Å². The van der Waals surface area contributed by atoms with Crippen molar-refractivity contribution in [1.82, 2.24) is 14.5 Å². The van der Waals surface area contributed by atoms with Crippen LogP contribution in [0.5, 0.6) is 0 Å². The van der Waals surface area contributed by atoms with Gasteiger partial charge in [-0.15, -0.1) is 10.2 Å². The molecule has 3 rings (SSSR count). The van der Waals surface area contributed by atoms with E-state index in [9.17, 15) is 13.2 Å². The Morgan fingerprint density at radius 1 is 1.16 bits per heavy atom. The van der Waals surface area contributed by atoms with Crippen LogP contribution in [0.3, 0.4) is 0 Å². The minimum atomic E-state index is -3.64. The maximum absolute atomic E-state index is 12.3. The molecule has 1 aromatic heterocycles. The van der Waals surface area contributed by atoms with Gasteiger partial charge in [-0.3, -0.25) is 4.79 Å². The molecule has 0 unspecified atom stereocenters. The van der Waals surface area contributed by atoms with E-state index in [2.05, 4.69) is 20.8 Å². The number of hydrogen-bond donors (Lipinski definition) is 2. The number of amides is 1. The van der Waals surface area contributed by atoms with Crippen molar-refractivity contribution in [3.05, 3.63) is 59.1 Å². The maximum atomic E-state index is 12.3. The summed E-state index contributed by atoms with van der Waals surface area (Å²) >= 11 is 8.70. The van der Waals surface area contributed by atoms with Crippen molar-refractivity contribution >= 4 is 61.4 Å². The predicted octanol–water partition coefficient (Wildman–Crippen LogP) is 3.78.